The fraction of sp³-hybridized carbons (Fsp3) is 0.292. The second-order valence-corrected chi connectivity index (χ2v) is 7.67. The van der Waals surface area contributed by atoms with Gasteiger partial charge in [-0.05, 0) is 43.3 Å². The van der Waals surface area contributed by atoms with Gasteiger partial charge in [0.2, 0.25) is 5.91 Å². The number of rotatable bonds is 9. The van der Waals surface area contributed by atoms with Gasteiger partial charge in [0.05, 0.1) is 26.7 Å². The smallest absolute Gasteiger partial charge is 0.311 e. The van der Waals surface area contributed by atoms with E-state index in [0.29, 0.717) is 11.3 Å². The van der Waals surface area contributed by atoms with Gasteiger partial charge in [-0.3, -0.25) is 34.4 Å². The maximum absolute atomic E-state index is 12.8. The van der Waals surface area contributed by atoms with Crippen molar-refractivity contribution in [2.75, 3.05) is 32.7 Å². The normalized spacial score (nSPS) is 14.8. The van der Waals surface area contributed by atoms with E-state index in [4.69, 9.17) is 14.2 Å². The molecule has 1 heterocycles. The lowest BCUT2D eigenvalue weighted by atomic mass is 10.1. The molecule has 11 heteroatoms. The zero-order valence-electron chi connectivity index (χ0n) is 19.5. The Morgan fingerprint density at radius 2 is 1.63 bits per heavy atom. The summed E-state index contributed by atoms with van der Waals surface area (Å²) in [7, 11) is 2.80. The minimum Gasteiger partial charge on any atom is -0.496 e. The Hall–Kier alpha value is -4.41. The Balaban J connectivity index is 1.53. The van der Waals surface area contributed by atoms with Gasteiger partial charge < -0.3 is 19.5 Å². The lowest BCUT2D eigenvalue weighted by molar-refractivity contribution is -0.151. The van der Waals surface area contributed by atoms with Crippen molar-refractivity contribution in [3.05, 3.63) is 53.6 Å². The summed E-state index contributed by atoms with van der Waals surface area (Å²) in [6.45, 7) is 0.764. The molecular formula is C24H25N3O8. The minimum absolute atomic E-state index is 0.101. The number of hydrazine groups is 1. The Kier molecular flexibility index (Phi) is 8.03. The molecule has 0 aromatic heterocycles. The van der Waals surface area contributed by atoms with Crippen molar-refractivity contribution in [3.8, 4) is 11.5 Å². The number of carbonyl (C=O) groups excluding carboxylic acids is 5. The molecule has 1 atom stereocenters. The Morgan fingerprint density at radius 1 is 1.00 bits per heavy atom. The first-order valence-electron chi connectivity index (χ1n) is 10.6. The van der Waals surface area contributed by atoms with E-state index >= 15 is 0 Å². The standard InChI is InChI=1S/C24H25N3O8/c1-14(28)15-7-9-17(10-8-15)25-20(29)13-35-24(32)16-11-21(30)27(12-16)26-23(31)22-18(33-2)5-4-6-19(22)34-3/h4-10,16H,11-13H2,1-3H3,(H,25,29)(H,26,31)/t16-/m0/s1. The van der Waals surface area contributed by atoms with Gasteiger partial charge in [0, 0.05) is 17.7 Å². The molecule has 0 unspecified atom stereocenters. The second-order valence-electron chi connectivity index (χ2n) is 7.67. The van der Waals surface area contributed by atoms with Gasteiger partial charge in [-0.15, -0.1) is 0 Å². The van der Waals surface area contributed by atoms with Crippen LogP contribution in [0.1, 0.15) is 34.1 Å². The summed E-state index contributed by atoms with van der Waals surface area (Å²) >= 11 is 0. The van der Waals surface area contributed by atoms with Gasteiger partial charge in [0.25, 0.3) is 11.8 Å². The van der Waals surface area contributed by atoms with Crippen LogP contribution in [-0.2, 0) is 19.1 Å². The van der Waals surface area contributed by atoms with Gasteiger partial charge in [0.15, 0.2) is 12.4 Å². The molecule has 11 nitrogen and oxygen atoms in total. The van der Waals surface area contributed by atoms with Gasteiger partial charge in [0.1, 0.15) is 17.1 Å². The molecule has 0 saturated carbocycles. The van der Waals surface area contributed by atoms with Crippen molar-refractivity contribution in [1.82, 2.24) is 10.4 Å². The van der Waals surface area contributed by atoms with E-state index in [1.54, 1.807) is 42.5 Å². The largest absolute Gasteiger partial charge is 0.496 e. The summed E-state index contributed by atoms with van der Waals surface area (Å²) < 4.78 is 15.4. The Labute approximate surface area is 201 Å². The Morgan fingerprint density at radius 3 is 2.20 bits per heavy atom. The van der Waals surface area contributed by atoms with Gasteiger partial charge in [-0.25, -0.2) is 0 Å². The van der Waals surface area contributed by atoms with Crippen LogP contribution in [0.5, 0.6) is 11.5 Å². The average molecular weight is 483 g/mol. The van der Waals surface area contributed by atoms with Crippen molar-refractivity contribution in [1.29, 1.82) is 0 Å². The van der Waals surface area contributed by atoms with Crippen LogP contribution < -0.4 is 20.2 Å². The van der Waals surface area contributed by atoms with Crippen LogP contribution in [-0.4, -0.2) is 61.9 Å². The highest BCUT2D eigenvalue weighted by Gasteiger charge is 2.37. The molecule has 1 saturated heterocycles. The molecule has 3 rings (SSSR count). The monoisotopic (exact) mass is 483 g/mol. The average Bonchev–Trinajstić information content (AvgIpc) is 3.22. The number of esters is 1. The number of hydrogen-bond acceptors (Lipinski definition) is 8. The first kappa shape index (κ1) is 25.2. The molecular weight excluding hydrogens is 458 g/mol. The van der Waals surface area contributed by atoms with Crippen molar-refractivity contribution in [3.63, 3.8) is 0 Å². The van der Waals surface area contributed by atoms with Crippen LogP contribution in [0.2, 0.25) is 0 Å². The fourth-order valence-electron chi connectivity index (χ4n) is 3.47. The molecule has 2 N–H and O–H groups in total. The third-order valence-electron chi connectivity index (χ3n) is 5.27. The maximum Gasteiger partial charge on any atom is 0.311 e. The number of amides is 3. The molecule has 1 aliphatic rings. The van der Waals surface area contributed by atoms with Crippen molar-refractivity contribution in [2.45, 2.75) is 13.3 Å². The third kappa shape index (κ3) is 6.14. The van der Waals surface area contributed by atoms with Crippen molar-refractivity contribution >= 4 is 35.2 Å². The van der Waals surface area contributed by atoms with E-state index in [-0.39, 0.29) is 35.8 Å². The van der Waals surface area contributed by atoms with Crippen LogP contribution in [0, 0.1) is 5.92 Å². The highest BCUT2D eigenvalue weighted by molar-refractivity contribution is 6.01. The summed E-state index contributed by atoms with van der Waals surface area (Å²) in [6, 6.07) is 11.1. The quantitative estimate of drug-likeness (QED) is 0.405. The number of carbonyl (C=O) groups is 5. The van der Waals surface area contributed by atoms with Crippen LogP contribution in [0.25, 0.3) is 0 Å². The topological polar surface area (TPSA) is 140 Å². The summed E-state index contributed by atoms with van der Waals surface area (Å²) in [6.07, 6.45) is -0.184. The predicted octanol–water partition coefficient (Wildman–Crippen LogP) is 1.58. The van der Waals surface area contributed by atoms with E-state index < -0.39 is 36.2 Å². The SMILES string of the molecule is COc1cccc(OC)c1C(=O)NN1C[C@@H](C(=O)OCC(=O)Nc2ccc(C(C)=O)cc2)CC1=O. The molecule has 2 aromatic rings. The van der Waals surface area contributed by atoms with Gasteiger partial charge in [-0.2, -0.15) is 0 Å². The van der Waals surface area contributed by atoms with Crippen LogP contribution in [0.4, 0.5) is 5.69 Å². The van der Waals surface area contributed by atoms with Crippen LogP contribution in [0.3, 0.4) is 0 Å². The Bertz CT molecular complexity index is 1120. The summed E-state index contributed by atoms with van der Waals surface area (Å²) in [5.74, 6) is -2.89. The number of ether oxygens (including phenoxy) is 3. The van der Waals surface area contributed by atoms with E-state index in [9.17, 15) is 24.0 Å². The zero-order chi connectivity index (χ0) is 25.5. The third-order valence-corrected chi connectivity index (χ3v) is 5.27. The molecule has 0 bridgehead atoms. The molecule has 3 amide bonds. The lowest BCUT2D eigenvalue weighted by Gasteiger charge is -2.19. The molecule has 0 aliphatic carbocycles. The van der Waals surface area contributed by atoms with E-state index in [1.807, 2.05) is 0 Å². The molecule has 0 radical (unpaired) electrons. The second kappa shape index (κ2) is 11.1. The molecule has 184 valence electrons. The summed E-state index contributed by atoms with van der Waals surface area (Å²) in [4.78, 5) is 60.9. The minimum atomic E-state index is -0.856. The number of ketones is 1. The number of nitrogens with zero attached hydrogens (tertiary/aromatic N) is 1. The molecule has 2 aromatic carbocycles. The number of nitrogens with one attached hydrogen (secondary N) is 2. The molecule has 35 heavy (non-hydrogen) atoms. The molecule has 1 fully saturated rings. The summed E-state index contributed by atoms with van der Waals surface area (Å²) in [5, 5.41) is 3.58. The van der Waals surface area contributed by atoms with Gasteiger partial charge in [-0.1, -0.05) is 6.07 Å². The maximum atomic E-state index is 12.8. The van der Waals surface area contributed by atoms with Crippen molar-refractivity contribution < 1.29 is 38.2 Å². The van der Waals surface area contributed by atoms with Crippen LogP contribution in [0.15, 0.2) is 42.5 Å². The first-order valence-corrected chi connectivity index (χ1v) is 10.6. The van der Waals surface area contributed by atoms with E-state index in [2.05, 4.69) is 10.7 Å². The fourth-order valence-corrected chi connectivity index (χ4v) is 3.47. The number of benzene rings is 2. The highest BCUT2D eigenvalue weighted by atomic mass is 16.5. The van der Waals surface area contributed by atoms with E-state index in [1.165, 1.54) is 21.1 Å². The van der Waals surface area contributed by atoms with Crippen LogP contribution >= 0.6 is 0 Å². The molecule has 1 aliphatic heterocycles. The lowest BCUT2D eigenvalue weighted by Crippen LogP contribution is -2.43. The molecule has 0 spiro atoms. The van der Waals surface area contributed by atoms with E-state index in [0.717, 1.165) is 5.01 Å². The zero-order valence-corrected chi connectivity index (χ0v) is 19.5. The number of anilines is 1. The first-order chi connectivity index (χ1) is 16.7. The van der Waals surface area contributed by atoms with Gasteiger partial charge >= 0.3 is 5.97 Å². The van der Waals surface area contributed by atoms with Crippen molar-refractivity contribution in [2.24, 2.45) is 5.92 Å². The highest BCUT2D eigenvalue weighted by Crippen LogP contribution is 2.28. The predicted molar refractivity (Wildman–Crippen MR) is 123 cm³/mol. The number of methoxy groups -OCH3 is 2. The number of hydrogen-bond donors (Lipinski definition) is 2. The number of Topliss-reactive ketones (excluding diaryl/α,β-unsaturated/α-hetero) is 1. The summed E-state index contributed by atoms with van der Waals surface area (Å²) in [5.41, 5.74) is 3.50.